The molecule has 4 heteroatoms. The van der Waals surface area contributed by atoms with Crippen LogP contribution in [0.1, 0.15) is 17.8 Å². The third kappa shape index (κ3) is 1.87. The second-order valence-electron chi connectivity index (χ2n) is 4.87. The molecule has 1 aromatic carbocycles. The summed E-state index contributed by atoms with van der Waals surface area (Å²) in [7, 11) is 3.35. The summed E-state index contributed by atoms with van der Waals surface area (Å²) in [4.78, 5) is 0. The number of aryl methyl sites for hydroxylation is 2. The lowest BCUT2D eigenvalue weighted by atomic mass is 10.0. The summed E-state index contributed by atoms with van der Waals surface area (Å²) in [6, 6.07) is 6.31. The summed E-state index contributed by atoms with van der Waals surface area (Å²) in [5, 5.41) is 2.43. The highest BCUT2D eigenvalue weighted by Crippen LogP contribution is 2.33. The number of benzene rings is 1. The molecule has 1 aromatic heterocycles. The first kappa shape index (κ1) is 12.1. The monoisotopic (exact) mass is 259 g/mol. The molecular formula is C15H19N2O2+. The number of nitrogens with zero attached hydrogens (tertiary/aromatic N) is 1. The van der Waals surface area contributed by atoms with Crippen LogP contribution in [0.3, 0.4) is 0 Å². The predicted molar refractivity (Wildman–Crippen MR) is 74.5 cm³/mol. The molecule has 19 heavy (non-hydrogen) atoms. The van der Waals surface area contributed by atoms with Gasteiger partial charge in [0.2, 0.25) is 11.4 Å². The second kappa shape index (κ2) is 4.61. The fourth-order valence-electron chi connectivity index (χ4n) is 2.80. The first-order valence-electron chi connectivity index (χ1n) is 6.58. The van der Waals surface area contributed by atoms with Crippen molar-refractivity contribution in [2.24, 2.45) is 0 Å². The molecule has 0 spiro atoms. The predicted octanol–water partition coefficient (Wildman–Crippen LogP) is 1.94. The molecule has 4 nitrogen and oxygen atoms in total. The van der Waals surface area contributed by atoms with E-state index in [0.29, 0.717) is 0 Å². The SMILES string of the molecule is COc1cc2cc(C)[n+]3c(c2cc1OC)CCCN3. The van der Waals surface area contributed by atoms with Gasteiger partial charge in [-0.1, -0.05) is 4.68 Å². The number of aromatic nitrogens is 1. The summed E-state index contributed by atoms with van der Waals surface area (Å²) >= 11 is 0. The lowest BCUT2D eigenvalue weighted by molar-refractivity contribution is -0.666. The first-order chi connectivity index (χ1) is 9.24. The van der Waals surface area contributed by atoms with Crippen LogP contribution in [0.4, 0.5) is 0 Å². The van der Waals surface area contributed by atoms with E-state index < -0.39 is 0 Å². The summed E-state index contributed by atoms with van der Waals surface area (Å²) < 4.78 is 13.0. The van der Waals surface area contributed by atoms with E-state index in [4.69, 9.17) is 9.47 Å². The minimum atomic E-state index is 0.781. The van der Waals surface area contributed by atoms with Crippen molar-refractivity contribution in [1.82, 2.24) is 0 Å². The van der Waals surface area contributed by atoms with Crippen molar-refractivity contribution in [3.63, 3.8) is 0 Å². The normalized spacial score (nSPS) is 13.8. The quantitative estimate of drug-likeness (QED) is 0.837. The molecule has 0 radical (unpaired) electrons. The molecule has 0 atom stereocenters. The zero-order chi connectivity index (χ0) is 13.4. The van der Waals surface area contributed by atoms with Crippen LogP contribution in [0.5, 0.6) is 11.5 Å². The van der Waals surface area contributed by atoms with Crippen molar-refractivity contribution in [2.75, 3.05) is 26.2 Å². The average molecular weight is 259 g/mol. The van der Waals surface area contributed by atoms with Crippen LogP contribution in [0.15, 0.2) is 18.2 Å². The Bertz CT molecular complexity index is 638. The van der Waals surface area contributed by atoms with Gasteiger partial charge in [-0.05, 0) is 23.9 Å². The molecule has 0 amide bonds. The molecule has 3 rings (SSSR count). The van der Waals surface area contributed by atoms with Crippen LogP contribution < -0.4 is 19.6 Å². The van der Waals surface area contributed by atoms with Crippen LogP contribution in [0.2, 0.25) is 0 Å². The fourth-order valence-corrected chi connectivity index (χ4v) is 2.80. The molecule has 0 unspecified atom stereocenters. The minimum Gasteiger partial charge on any atom is -0.493 e. The third-order valence-corrected chi connectivity index (χ3v) is 3.71. The molecule has 0 aliphatic carbocycles. The van der Waals surface area contributed by atoms with Crippen LogP contribution in [0, 0.1) is 6.92 Å². The van der Waals surface area contributed by atoms with Crippen molar-refractivity contribution in [1.29, 1.82) is 0 Å². The number of ether oxygens (including phenoxy) is 2. The van der Waals surface area contributed by atoms with Crippen molar-refractivity contribution in [2.45, 2.75) is 19.8 Å². The number of pyridine rings is 1. The Labute approximate surface area is 112 Å². The molecule has 2 aromatic rings. The highest BCUT2D eigenvalue weighted by atomic mass is 16.5. The number of rotatable bonds is 2. The molecule has 0 saturated carbocycles. The lowest BCUT2D eigenvalue weighted by Crippen LogP contribution is -2.54. The maximum Gasteiger partial charge on any atom is 0.219 e. The first-order valence-corrected chi connectivity index (χ1v) is 6.58. The maximum atomic E-state index is 5.41. The Balaban J connectivity index is 2.32. The van der Waals surface area contributed by atoms with Crippen LogP contribution in [-0.2, 0) is 6.42 Å². The van der Waals surface area contributed by atoms with Crippen molar-refractivity contribution in [3.05, 3.63) is 29.6 Å². The van der Waals surface area contributed by atoms with E-state index in [1.165, 1.54) is 22.2 Å². The van der Waals surface area contributed by atoms with Crippen LogP contribution in [-0.4, -0.2) is 20.8 Å². The van der Waals surface area contributed by atoms with E-state index >= 15 is 0 Å². The molecule has 0 saturated heterocycles. The van der Waals surface area contributed by atoms with E-state index in [1.807, 2.05) is 0 Å². The van der Waals surface area contributed by atoms with Gasteiger partial charge in [0, 0.05) is 19.4 Å². The summed E-state index contributed by atoms with van der Waals surface area (Å²) in [6.45, 7) is 3.15. The highest BCUT2D eigenvalue weighted by Gasteiger charge is 2.24. The fraction of sp³-hybridized carbons (Fsp3) is 0.400. The Morgan fingerprint density at radius 3 is 2.58 bits per heavy atom. The highest BCUT2D eigenvalue weighted by molar-refractivity contribution is 5.87. The van der Waals surface area contributed by atoms with Crippen molar-refractivity contribution in [3.8, 4) is 11.5 Å². The molecule has 2 heterocycles. The average Bonchev–Trinajstić information content (AvgIpc) is 2.46. The van der Waals surface area contributed by atoms with Gasteiger partial charge in [-0.15, -0.1) is 0 Å². The Morgan fingerprint density at radius 1 is 1.11 bits per heavy atom. The third-order valence-electron chi connectivity index (χ3n) is 3.71. The van der Waals surface area contributed by atoms with Crippen molar-refractivity contribution >= 4 is 10.8 Å². The summed E-state index contributed by atoms with van der Waals surface area (Å²) in [5.41, 5.74) is 5.97. The zero-order valence-corrected chi connectivity index (χ0v) is 11.6. The van der Waals surface area contributed by atoms with Gasteiger partial charge in [0.1, 0.15) is 0 Å². The molecular weight excluding hydrogens is 240 g/mol. The largest absolute Gasteiger partial charge is 0.493 e. The second-order valence-corrected chi connectivity index (χ2v) is 4.87. The Kier molecular flexibility index (Phi) is 2.93. The van der Waals surface area contributed by atoms with Crippen LogP contribution in [0.25, 0.3) is 10.8 Å². The number of fused-ring (bicyclic) bond motifs is 3. The van der Waals surface area contributed by atoms with Gasteiger partial charge in [0.05, 0.1) is 26.2 Å². The zero-order valence-electron chi connectivity index (χ0n) is 11.6. The number of hydrogen-bond acceptors (Lipinski definition) is 3. The van der Waals surface area contributed by atoms with E-state index in [-0.39, 0.29) is 0 Å². The van der Waals surface area contributed by atoms with Crippen molar-refractivity contribution < 1.29 is 14.1 Å². The Morgan fingerprint density at radius 2 is 1.84 bits per heavy atom. The molecule has 1 aliphatic heterocycles. The van der Waals surface area contributed by atoms with E-state index in [9.17, 15) is 0 Å². The number of hydrogen-bond donors (Lipinski definition) is 1. The Hall–Kier alpha value is -1.97. The molecule has 100 valence electrons. The van der Waals surface area contributed by atoms with Gasteiger partial charge >= 0.3 is 0 Å². The van der Waals surface area contributed by atoms with E-state index in [2.05, 4.69) is 35.2 Å². The van der Waals surface area contributed by atoms with Crippen LogP contribution >= 0.6 is 0 Å². The molecule has 0 fully saturated rings. The van der Waals surface area contributed by atoms with Gasteiger partial charge in [0.15, 0.2) is 11.5 Å². The maximum absolute atomic E-state index is 5.41. The number of nitrogens with one attached hydrogen (secondary N) is 1. The number of methoxy groups -OCH3 is 2. The smallest absolute Gasteiger partial charge is 0.219 e. The van der Waals surface area contributed by atoms with E-state index in [0.717, 1.165) is 30.9 Å². The lowest BCUT2D eigenvalue weighted by Gasteiger charge is -2.16. The minimum absolute atomic E-state index is 0.781. The summed E-state index contributed by atoms with van der Waals surface area (Å²) in [6.07, 6.45) is 2.24. The summed E-state index contributed by atoms with van der Waals surface area (Å²) in [5.74, 6) is 1.57. The molecule has 1 aliphatic rings. The van der Waals surface area contributed by atoms with Gasteiger partial charge < -0.3 is 9.47 Å². The molecule has 0 bridgehead atoms. The van der Waals surface area contributed by atoms with E-state index in [1.54, 1.807) is 14.2 Å². The standard InChI is InChI=1S/C15H19N2O2/c1-10-7-11-8-14(18-2)15(19-3)9-12(11)13-5-4-6-16-17(10)13/h7-9,16H,4-6H2,1-3H3/q+1. The van der Waals surface area contributed by atoms with Gasteiger partial charge in [0.25, 0.3) is 0 Å². The van der Waals surface area contributed by atoms with Gasteiger partial charge in [-0.3, -0.25) is 0 Å². The van der Waals surface area contributed by atoms with Gasteiger partial charge in [-0.2, -0.15) is 5.43 Å². The topological polar surface area (TPSA) is 34.4 Å². The molecule has 1 N–H and O–H groups in total. The van der Waals surface area contributed by atoms with Gasteiger partial charge in [-0.25, -0.2) is 0 Å².